The molecule has 0 aliphatic rings. The highest BCUT2D eigenvalue weighted by Crippen LogP contribution is 2.22. The van der Waals surface area contributed by atoms with Gasteiger partial charge in [-0.15, -0.1) is 0 Å². The number of carbonyl (C=O) groups excluding carboxylic acids is 1. The number of benzene rings is 1. The molecule has 2 aromatic rings. The average Bonchev–Trinajstić information content (AvgIpc) is 2.95. The molecule has 0 spiro atoms. The summed E-state index contributed by atoms with van der Waals surface area (Å²) in [6.45, 7) is 0. The molecule has 1 aromatic heterocycles. The summed E-state index contributed by atoms with van der Waals surface area (Å²) < 4.78 is 61.1. The van der Waals surface area contributed by atoms with Crippen LogP contribution < -0.4 is 4.72 Å². The minimum absolute atomic E-state index is 0.0341. The van der Waals surface area contributed by atoms with Crippen molar-refractivity contribution in [3.63, 3.8) is 0 Å². The largest absolute Gasteiger partial charge is 0.390 e. The molecule has 23 heavy (non-hydrogen) atoms. The van der Waals surface area contributed by atoms with Gasteiger partial charge in [0.05, 0.1) is 23.4 Å². The number of nitrogens with one attached hydrogen (secondary N) is 2. The Morgan fingerprint density at radius 2 is 1.78 bits per heavy atom. The SMILES string of the molecule is O=C(NS(=O)(=O)CCC(F)(F)F)c1cc[nH]c1-c1ccccc1. The number of aromatic amines is 1. The zero-order valence-corrected chi connectivity index (χ0v) is 12.5. The van der Waals surface area contributed by atoms with E-state index >= 15 is 0 Å². The van der Waals surface area contributed by atoms with Crippen LogP contribution in [0.1, 0.15) is 16.8 Å². The lowest BCUT2D eigenvalue weighted by atomic mass is 10.1. The highest BCUT2D eigenvalue weighted by molar-refractivity contribution is 7.90. The normalized spacial score (nSPS) is 12.1. The highest BCUT2D eigenvalue weighted by atomic mass is 32.2. The standard InChI is InChI=1S/C14H13F3N2O3S/c15-14(16,17)7-9-23(21,22)19-13(20)11-6-8-18-12(11)10-4-2-1-3-5-10/h1-6,8,18H,7,9H2,(H,19,20). The quantitative estimate of drug-likeness (QED) is 0.874. The predicted molar refractivity (Wildman–Crippen MR) is 78.2 cm³/mol. The van der Waals surface area contributed by atoms with Crippen LogP contribution in [-0.4, -0.2) is 31.2 Å². The Balaban J connectivity index is 2.15. The maximum atomic E-state index is 12.1. The van der Waals surface area contributed by atoms with Crippen LogP contribution in [0.5, 0.6) is 0 Å². The number of alkyl halides is 3. The van der Waals surface area contributed by atoms with E-state index in [1.807, 2.05) is 0 Å². The molecule has 0 saturated carbocycles. The predicted octanol–water partition coefficient (Wildman–Crippen LogP) is 2.69. The van der Waals surface area contributed by atoms with Gasteiger partial charge in [-0.25, -0.2) is 13.1 Å². The monoisotopic (exact) mass is 346 g/mol. The van der Waals surface area contributed by atoms with E-state index in [2.05, 4.69) is 4.98 Å². The highest BCUT2D eigenvalue weighted by Gasteiger charge is 2.31. The fourth-order valence-electron chi connectivity index (χ4n) is 1.90. The van der Waals surface area contributed by atoms with Gasteiger partial charge in [0.2, 0.25) is 10.0 Å². The number of sulfonamides is 1. The Morgan fingerprint density at radius 1 is 1.13 bits per heavy atom. The van der Waals surface area contributed by atoms with Crippen LogP contribution >= 0.6 is 0 Å². The molecule has 0 atom stereocenters. The summed E-state index contributed by atoms with van der Waals surface area (Å²) in [6, 6.07) is 10.0. The summed E-state index contributed by atoms with van der Waals surface area (Å²) in [4.78, 5) is 14.9. The van der Waals surface area contributed by atoms with Crippen LogP contribution in [0.4, 0.5) is 13.2 Å². The first-order valence-corrected chi connectivity index (χ1v) is 8.17. The first-order chi connectivity index (χ1) is 10.7. The molecule has 2 N–H and O–H groups in total. The lowest BCUT2D eigenvalue weighted by molar-refractivity contribution is -0.130. The molecule has 0 fully saturated rings. The molecule has 1 amide bonds. The molecule has 0 unspecified atom stereocenters. The molecule has 0 radical (unpaired) electrons. The second kappa shape index (κ2) is 6.45. The Morgan fingerprint density at radius 3 is 2.39 bits per heavy atom. The van der Waals surface area contributed by atoms with Gasteiger partial charge in [0.25, 0.3) is 5.91 Å². The van der Waals surface area contributed by atoms with Crippen molar-refractivity contribution in [1.82, 2.24) is 9.71 Å². The van der Waals surface area contributed by atoms with Gasteiger partial charge in [-0.3, -0.25) is 4.79 Å². The van der Waals surface area contributed by atoms with Crippen LogP contribution in [0.3, 0.4) is 0 Å². The van der Waals surface area contributed by atoms with Crippen molar-refractivity contribution in [3.05, 3.63) is 48.2 Å². The summed E-state index contributed by atoms with van der Waals surface area (Å²) >= 11 is 0. The van der Waals surface area contributed by atoms with Gasteiger partial charge < -0.3 is 4.98 Å². The van der Waals surface area contributed by atoms with E-state index in [1.165, 1.54) is 12.3 Å². The van der Waals surface area contributed by atoms with E-state index in [0.717, 1.165) is 0 Å². The summed E-state index contributed by atoms with van der Waals surface area (Å²) in [6.07, 6.45) is -4.69. The van der Waals surface area contributed by atoms with E-state index in [4.69, 9.17) is 0 Å². The molecule has 1 aromatic carbocycles. The van der Waals surface area contributed by atoms with Crippen molar-refractivity contribution in [3.8, 4) is 11.3 Å². The summed E-state index contributed by atoms with van der Waals surface area (Å²) in [7, 11) is -4.37. The minimum atomic E-state index is -4.61. The van der Waals surface area contributed by atoms with Crippen molar-refractivity contribution < 1.29 is 26.4 Å². The Bertz CT molecular complexity index is 783. The number of H-pyrrole nitrogens is 1. The van der Waals surface area contributed by atoms with Gasteiger partial charge in [0.15, 0.2) is 0 Å². The molecule has 0 bridgehead atoms. The number of hydrogen-bond donors (Lipinski definition) is 2. The van der Waals surface area contributed by atoms with Crippen molar-refractivity contribution in [2.45, 2.75) is 12.6 Å². The molecule has 124 valence electrons. The summed E-state index contributed by atoms with van der Waals surface area (Å²) in [5, 5.41) is 0. The van der Waals surface area contributed by atoms with E-state index in [9.17, 15) is 26.4 Å². The third-order valence-electron chi connectivity index (χ3n) is 2.96. The van der Waals surface area contributed by atoms with E-state index in [-0.39, 0.29) is 5.56 Å². The van der Waals surface area contributed by atoms with Crippen molar-refractivity contribution in [2.75, 3.05) is 5.75 Å². The minimum Gasteiger partial charge on any atom is -0.361 e. The molecule has 0 aliphatic heterocycles. The maximum Gasteiger partial charge on any atom is 0.390 e. The Hall–Kier alpha value is -2.29. The Labute approximate surface area is 130 Å². The zero-order chi connectivity index (χ0) is 17.1. The van der Waals surface area contributed by atoms with Crippen molar-refractivity contribution in [2.24, 2.45) is 0 Å². The fraction of sp³-hybridized carbons (Fsp3) is 0.214. The van der Waals surface area contributed by atoms with Gasteiger partial charge in [-0.2, -0.15) is 13.2 Å². The molecule has 5 nitrogen and oxygen atoms in total. The van der Waals surface area contributed by atoms with E-state index in [1.54, 1.807) is 35.1 Å². The number of halogens is 3. The smallest absolute Gasteiger partial charge is 0.361 e. The topological polar surface area (TPSA) is 79.0 Å². The number of rotatable bonds is 5. The summed E-state index contributed by atoms with van der Waals surface area (Å²) in [5.74, 6) is -2.18. The zero-order valence-electron chi connectivity index (χ0n) is 11.7. The number of hydrogen-bond acceptors (Lipinski definition) is 3. The fourth-order valence-corrected chi connectivity index (χ4v) is 2.89. The third kappa shape index (κ3) is 4.85. The average molecular weight is 346 g/mol. The van der Waals surface area contributed by atoms with E-state index in [0.29, 0.717) is 11.3 Å². The first kappa shape index (κ1) is 17.1. The van der Waals surface area contributed by atoms with Crippen LogP contribution in [0.15, 0.2) is 42.6 Å². The van der Waals surface area contributed by atoms with Crippen LogP contribution in [0.25, 0.3) is 11.3 Å². The molecule has 0 aliphatic carbocycles. The maximum absolute atomic E-state index is 12.1. The van der Waals surface area contributed by atoms with Gasteiger partial charge in [-0.1, -0.05) is 30.3 Å². The summed E-state index contributed by atoms with van der Waals surface area (Å²) in [5.41, 5.74) is 1.07. The van der Waals surface area contributed by atoms with Crippen LogP contribution in [-0.2, 0) is 10.0 Å². The molecule has 2 rings (SSSR count). The third-order valence-corrected chi connectivity index (χ3v) is 4.19. The second-order valence-electron chi connectivity index (χ2n) is 4.75. The van der Waals surface area contributed by atoms with E-state index < -0.39 is 34.3 Å². The molecule has 9 heteroatoms. The number of amides is 1. The van der Waals surface area contributed by atoms with Gasteiger partial charge >= 0.3 is 6.18 Å². The second-order valence-corrected chi connectivity index (χ2v) is 6.59. The Kier molecular flexibility index (Phi) is 4.79. The first-order valence-electron chi connectivity index (χ1n) is 6.52. The van der Waals surface area contributed by atoms with Crippen LogP contribution in [0, 0.1) is 0 Å². The van der Waals surface area contributed by atoms with Crippen molar-refractivity contribution >= 4 is 15.9 Å². The number of aromatic nitrogens is 1. The lowest BCUT2D eigenvalue weighted by Crippen LogP contribution is -2.34. The lowest BCUT2D eigenvalue weighted by Gasteiger charge is -2.09. The van der Waals surface area contributed by atoms with Crippen molar-refractivity contribution in [1.29, 1.82) is 0 Å². The molecule has 1 heterocycles. The molecule has 0 saturated heterocycles. The van der Waals surface area contributed by atoms with Crippen LogP contribution in [0.2, 0.25) is 0 Å². The molecular weight excluding hydrogens is 333 g/mol. The van der Waals surface area contributed by atoms with Gasteiger partial charge in [0, 0.05) is 6.20 Å². The van der Waals surface area contributed by atoms with Gasteiger partial charge in [0.1, 0.15) is 0 Å². The number of carbonyl (C=O) groups is 1. The molecular formula is C14H13F3N2O3S. The van der Waals surface area contributed by atoms with Gasteiger partial charge in [-0.05, 0) is 11.6 Å².